The zero-order valence-electron chi connectivity index (χ0n) is 34.9. The Balaban J connectivity index is 1.23. The van der Waals surface area contributed by atoms with E-state index in [1.165, 1.54) is 25.3 Å². The lowest BCUT2D eigenvalue weighted by atomic mass is 9.97. The van der Waals surface area contributed by atoms with E-state index in [4.69, 9.17) is 45.3 Å². The van der Waals surface area contributed by atoms with Crippen LogP contribution in [0.4, 0.5) is 24.7 Å². The van der Waals surface area contributed by atoms with E-state index in [1.54, 1.807) is 32.8 Å². The van der Waals surface area contributed by atoms with Crippen molar-refractivity contribution in [1.82, 2.24) is 14.9 Å². The van der Waals surface area contributed by atoms with Crippen LogP contribution < -0.4 is 29.2 Å². The van der Waals surface area contributed by atoms with Crippen LogP contribution in [0.25, 0.3) is 11.3 Å². The molecule has 0 bridgehead atoms. The number of halogens is 4. The number of pyridine rings is 2. The molecule has 4 heterocycles. The van der Waals surface area contributed by atoms with E-state index in [-0.39, 0.29) is 41.1 Å². The number of aryl methyl sites for hydroxylation is 1. The third kappa shape index (κ3) is 10.4. The first-order chi connectivity index (χ1) is 29.2. The lowest BCUT2D eigenvalue weighted by Crippen LogP contribution is -2.30. The van der Waals surface area contributed by atoms with Gasteiger partial charge in [-0.15, -0.1) is 0 Å². The van der Waals surface area contributed by atoms with E-state index >= 15 is 13.2 Å². The summed E-state index contributed by atoms with van der Waals surface area (Å²) in [5, 5.41) is 3.25. The molecule has 0 saturated heterocycles. The highest BCUT2D eigenvalue weighted by atomic mass is 35.5. The molecule has 16 heteroatoms. The first-order valence-corrected chi connectivity index (χ1v) is 23.8. The predicted molar refractivity (Wildman–Crippen MR) is 234 cm³/mol. The maximum atomic E-state index is 15.2. The average molecular weight is 873 g/mol. The lowest BCUT2D eigenvalue weighted by molar-refractivity contribution is -0.137. The fraction of sp³-hybridized carbons (Fsp3) is 0.311. The average Bonchev–Trinajstić information content (AvgIpc) is 3.40. The van der Waals surface area contributed by atoms with Crippen molar-refractivity contribution < 1.29 is 36.9 Å². The molecular formula is C45H48ClF3N6O5Si. The number of benzene rings is 3. The normalized spacial score (nSPS) is 13.4. The minimum Gasteiger partial charge on any atom is -0.497 e. The van der Waals surface area contributed by atoms with Gasteiger partial charge in [-0.1, -0.05) is 55.5 Å². The van der Waals surface area contributed by atoms with E-state index in [0.717, 1.165) is 22.7 Å². The van der Waals surface area contributed by atoms with Crippen LogP contribution in [0.1, 0.15) is 33.4 Å². The molecule has 0 amide bonds. The number of nitrogens with zero attached hydrogens (tertiary/aromatic N) is 5. The number of alkyl halides is 3. The third-order valence-electron chi connectivity index (χ3n) is 10.2. The first-order valence-electron chi connectivity index (χ1n) is 19.7. The molecule has 2 aliphatic rings. The van der Waals surface area contributed by atoms with Gasteiger partial charge in [0, 0.05) is 45.7 Å². The molecule has 1 N–H and O–H groups in total. The Bertz CT molecular complexity index is 2360. The van der Waals surface area contributed by atoms with Crippen molar-refractivity contribution in [2.75, 3.05) is 44.5 Å². The summed E-state index contributed by atoms with van der Waals surface area (Å²) in [6, 6.07) is 20.9. The van der Waals surface area contributed by atoms with Gasteiger partial charge in [0.15, 0.2) is 6.79 Å². The number of nitrogens with one attached hydrogen (secondary N) is 1. The molecule has 0 atom stereocenters. The van der Waals surface area contributed by atoms with Crippen molar-refractivity contribution in [3.05, 3.63) is 130 Å². The van der Waals surface area contributed by atoms with E-state index in [9.17, 15) is 0 Å². The molecule has 2 aliphatic heterocycles. The maximum Gasteiger partial charge on any atom is 0.418 e. The molecule has 61 heavy (non-hydrogen) atoms. The second-order valence-corrected chi connectivity index (χ2v) is 21.9. The molecule has 2 aromatic heterocycles. The quantitative estimate of drug-likeness (QED) is 0.0586. The molecule has 0 saturated carbocycles. The van der Waals surface area contributed by atoms with Crippen LogP contribution in [-0.2, 0) is 30.5 Å². The molecule has 3 aromatic carbocycles. The fourth-order valence-corrected chi connectivity index (χ4v) is 8.10. The number of hydrogen-bond acceptors (Lipinski definition) is 11. The van der Waals surface area contributed by atoms with Crippen LogP contribution in [0, 0.1) is 6.92 Å². The fourth-order valence-electron chi connectivity index (χ4n) is 7.03. The van der Waals surface area contributed by atoms with Gasteiger partial charge in [0.25, 0.3) is 0 Å². The first kappa shape index (κ1) is 43.3. The Morgan fingerprint density at radius 2 is 1.57 bits per heavy atom. The largest absolute Gasteiger partial charge is 0.497 e. The van der Waals surface area contributed by atoms with Gasteiger partial charge in [-0.3, -0.25) is 4.98 Å². The molecule has 0 spiro atoms. The number of methoxy groups -OCH3 is 2. The van der Waals surface area contributed by atoms with E-state index in [2.05, 4.69) is 29.9 Å². The van der Waals surface area contributed by atoms with Crippen molar-refractivity contribution in [3.63, 3.8) is 0 Å². The van der Waals surface area contributed by atoms with Crippen molar-refractivity contribution >= 4 is 37.0 Å². The summed E-state index contributed by atoms with van der Waals surface area (Å²) < 4.78 is 73.9. The zero-order valence-corrected chi connectivity index (χ0v) is 36.7. The number of anilines is 2. The summed E-state index contributed by atoms with van der Waals surface area (Å²) in [6.45, 7) is 10.2. The Morgan fingerprint density at radius 1 is 0.902 bits per heavy atom. The van der Waals surface area contributed by atoms with Gasteiger partial charge in [-0.25, -0.2) is 9.98 Å². The highest BCUT2D eigenvalue weighted by Crippen LogP contribution is 2.48. The monoisotopic (exact) mass is 872 g/mol. The van der Waals surface area contributed by atoms with E-state index in [1.807, 2.05) is 64.4 Å². The smallest absolute Gasteiger partial charge is 0.418 e. The summed E-state index contributed by atoms with van der Waals surface area (Å²) in [5.74, 6) is 3.03. The second-order valence-electron chi connectivity index (χ2n) is 15.9. The molecule has 7 rings (SSSR count). The van der Waals surface area contributed by atoms with Crippen molar-refractivity contribution in [2.24, 2.45) is 4.99 Å². The maximum absolute atomic E-state index is 15.2. The number of aliphatic imine (C=N–C) groups is 1. The van der Waals surface area contributed by atoms with Gasteiger partial charge in [-0.05, 0) is 77.7 Å². The lowest BCUT2D eigenvalue weighted by Gasteiger charge is -2.29. The van der Waals surface area contributed by atoms with Crippen LogP contribution in [-0.4, -0.2) is 63.1 Å². The van der Waals surface area contributed by atoms with Crippen molar-refractivity contribution in [2.45, 2.75) is 58.4 Å². The van der Waals surface area contributed by atoms with Crippen LogP contribution in [0.2, 0.25) is 30.7 Å². The van der Waals surface area contributed by atoms with Gasteiger partial charge >= 0.3 is 6.18 Å². The SMILES string of the molecule is COc1ccc(CN(Cc2ccc(OC)cc2)c2cc(C)c(C(F)(F)F)c(-c3cc4c5c(c3Cl)NCN=C5N(Cc3cncc(OCOCC[Si](C)(C)C)c3)C=CO4)n2)cc1. The Morgan fingerprint density at radius 3 is 2.20 bits per heavy atom. The number of amidine groups is 1. The summed E-state index contributed by atoms with van der Waals surface area (Å²) in [5.41, 5.74) is 2.32. The van der Waals surface area contributed by atoms with Gasteiger partial charge < -0.3 is 38.8 Å². The van der Waals surface area contributed by atoms with E-state index < -0.39 is 19.8 Å². The second kappa shape index (κ2) is 18.5. The number of aromatic nitrogens is 2. The summed E-state index contributed by atoms with van der Waals surface area (Å²) in [4.78, 5) is 17.7. The highest BCUT2D eigenvalue weighted by Gasteiger charge is 2.39. The Kier molecular flexibility index (Phi) is 13.1. The van der Waals surface area contributed by atoms with Crippen LogP contribution in [0.3, 0.4) is 0 Å². The molecule has 0 radical (unpaired) electrons. The number of rotatable bonds is 16. The Labute approximate surface area is 359 Å². The molecule has 0 fully saturated rings. The zero-order chi connectivity index (χ0) is 43.3. The summed E-state index contributed by atoms with van der Waals surface area (Å²) in [7, 11) is 1.95. The van der Waals surface area contributed by atoms with Gasteiger partial charge in [-0.2, -0.15) is 13.2 Å². The van der Waals surface area contributed by atoms with Gasteiger partial charge in [0.2, 0.25) is 0 Å². The Hall–Kier alpha value is -5.77. The predicted octanol–water partition coefficient (Wildman–Crippen LogP) is 10.5. The summed E-state index contributed by atoms with van der Waals surface area (Å²) >= 11 is 7.19. The van der Waals surface area contributed by atoms with Crippen molar-refractivity contribution in [3.8, 4) is 34.3 Å². The molecule has 320 valence electrons. The van der Waals surface area contributed by atoms with Gasteiger partial charge in [0.05, 0.1) is 54.5 Å². The minimum atomic E-state index is -4.76. The third-order valence-corrected chi connectivity index (χ3v) is 12.3. The number of hydrogen-bond donors (Lipinski definition) is 1. The molecule has 0 unspecified atom stereocenters. The standard InChI is InChI=1S/C45H48ClF3N6O5Si/c1-29-19-38(55(24-30-7-11-33(56-2)12-8-30)25-31-9-13-34(57-3)14-10-31)53-42(40(29)45(47,48)49)36-21-37-39-43(41(36)46)51-27-52-44(39)54(15-16-59-37)26-32-20-35(23-50-22-32)60-28-58-17-18-61(4,5)6/h7-16,19-23,51H,17-18,24-28H2,1-6H3. The topological polar surface area (TPSA) is 103 Å². The van der Waals surface area contributed by atoms with Gasteiger partial charge in [0.1, 0.15) is 47.6 Å². The summed E-state index contributed by atoms with van der Waals surface area (Å²) in [6.07, 6.45) is 1.78. The number of ether oxygens (including phenoxy) is 5. The van der Waals surface area contributed by atoms with Crippen LogP contribution >= 0.6 is 11.6 Å². The highest BCUT2D eigenvalue weighted by molar-refractivity contribution is 6.76. The van der Waals surface area contributed by atoms with Crippen LogP contribution in [0.5, 0.6) is 23.0 Å². The van der Waals surface area contributed by atoms with E-state index in [0.29, 0.717) is 66.4 Å². The molecule has 11 nitrogen and oxygen atoms in total. The molecule has 5 aromatic rings. The molecular weight excluding hydrogens is 825 g/mol. The van der Waals surface area contributed by atoms with Crippen LogP contribution in [0.15, 0.2) is 96.6 Å². The van der Waals surface area contributed by atoms with Crippen molar-refractivity contribution in [1.29, 1.82) is 0 Å². The molecule has 0 aliphatic carbocycles. The minimum absolute atomic E-state index is 0.0123.